The Balaban J connectivity index is 1.53. The summed E-state index contributed by atoms with van der Waals surface area (Å²) in [6.45, 7) is 5.17. The van der Waals surface area contributed by atoms with Gasteiger partial charge in [0.2, 0.25) is 11.8 Å². The van der Waals surface area contributed by atoms with E-state index in [1.807, 2.05) is 91.0 Å². The number of esters is 1. The number of aromatic nitrogens is 2. The van der Waals surface area contributed by atoms with Crippen molar-refractivity contribution < 1.29 is 24.3 Å². The molecule has 1 atom stereocenters. The van der Waals surface area contributed by atoms with Crippen LogP contribution in [0.1, 0.15) is 54.8 Å². The molecule has 2 heterocycles. The number of carbonyl (C=O) groups excluding carboxylic acids is 1. The topological polar surface area (TPSA) is 123 Å². The third-order valence-corrected chi connectivity index (χ3v) is 7.48. The lowest BCUT2D eigenvalue weighted by molar-refractivity contribution is -0.169. The largest absolute Gasteiger partial charge is 0.476 e. The van der Waals surface area contributed by atoms with Gasteiger partial charge in [0.1, 0.15) is 16.8 Å². The molecule has 9 nitrogen and oxygen atoms in total. The van der Waals surface area contributed by atoms with Crippen LogP contribution >= 0.6 is 11.3 Å². The molecule has 1 unspecified atom stereocenters. The Labute approximate surface area is 265 Å². The molecule has 2 N–H and O–H groups in total. The van der Waals surface area contributed by atoms with Gasteiger partial charge in [0.25, 0.3) is 0 Å². The summed E-state index contributed by atoms with van der Waals surface area (Å²) in [5, 5.41) is 19.7. The van der Waals surface area contributed by atoms with Crippen molar-refractivity contribution in [3.63, 3.8) is 0 Å². The molecule has 0 radical (unpaired) electrons. The van der Waals surface area contributed by atoms with Crippen molar-refractivity contribution in [2.75, 3.05) is 5.32 Å². The lowest BCUT2D eigenvalue weighted by Gasteiger charge is -2.36. The van der Waals surface area contributed by atoms with Gasteiger partial charge < -0.3 is 20.0 Å². The zero-order valence-electron chi connectivity index (χ0n) is 25.0. The minimum absolute atomic E-state index is 0.0622. The number of rotatable bonds is 11. The minimum Gasteiger partial charge on any atom is -0.476 e. The number of nitrogens with zero attached hydrogens (tertiary/aromatic N) is 3. The van der Waals surface area contributed by atoms with Crippen molar-refractivity contribution in [3.05, 3.63) is 149 Å². The average molecular weight is 621 g/mol. The Hall–Kier alpha value is -5.35. The zero-order valence-corrected chi connectivity index (χ0v) is 25.8. The molecule has 45 heavy (non-hydrogen) atoms. The van der Waals surface area contributed by atoms with Crippen molar-refractivity contribution in [2.45, 2.75) is 38.0 Å². The maximum Gasteiger partial charge on any atom is 0.360 e. The number of anilines is 1. The molecule has 2 aromatic heterocycles. The number of carboxylic acids is 1. The molecule has 5 aromatic rings. The van der Waals surface area contributed by atoms with E-state index in [1.54, 1.807) is 44.5 Å². The second kappa shape index (κ2) is 13.5. The van der Waals surface area contributed by atoms with Crippen LogP contribution in [0.25, 0.3) is 0 Å². The molecule has 0 aliphatic rings. The second-order valence-corrected chi connectivity index (χ2v) is 11.9. The van der Waals surface area contributed by atoms with E-state index in [4.69, 9.17) is 9.57 Å². The zero-order chi connectivity index (χ0) is 31.9. The molecule has 0 bridgehead atoms. The summed E-state index contributed by atoms with van der Waals surface area (Å²) in [6.07, 6.45) is 1.64. The van der Waals surface area contributed by atoms with Crippen LogP contribution in [0.5, 0.6) is 0 Å². The summed E-state index contributed by atoms with van der Waals surface area (Å²) < 4.78 is 5.51. The summed E-state index contributed by atoms with van der Waals surface area (Å²) in [6, 6.07) is 33.2. The number of ether oxygens (including phenoxy) is 1. The first-order valence-corrected chi connectivity index (χ1v) is 15.1. The van der Waals surface area contributed by atoms with Gasteiger partial charge in [0.05, 0.1) is 0 Å². The normalized spacial score (nSPS) is 12.6. The highest BCUT2D eigenvalue weighted by atomic mass is 32.1. The molecule has 0 amide bonds. The van der Waals surface area contributed by atoms with Gasteiger partial charge in [0, 0.05) is 23.3 Å². The molecule has 228 valence electrons. The standard InChI is InChI=1S/C35H32N4O5S/c1-34(2,3)43-32(42)30(24-14-13-21-36-22-24)44-39-29(31(40)41)28-23-45-33(37-28)38-35(25-15-7-4-8-16-25,26-17-9-5-10-18-26)27-19-11-6-12-20-27/h4-23,30H,1-3H3,(H,37,38)(H,40,41). The summed E-state index contributed by atoms with van der Waals surface area (Å²) >= 11 is 1.23. The number of pyridine rings is 1. The summed E-state index contributed by atoms with van der Waals surface area (Å²) in [5.74, 6) is -2.11. The quantitative estimate of drug-likeness (QED) is 0.0713. The number of carboxylic acid groups (broad SMARTS) is 1. The highest BCUT2D eigenvalue weighted by Gasteiger charge is 2.37. The average Bonchev–Trinajstić information content (AvgIpc) is 3.50. The number of carbonyl (C=O) groups is 2. The van der Waals surface area contributed by atoms with Crippen LogP contribution in [0.15, 0.2) is 126 Å². The van der Waals surface area contributed by atoms with E-state index in [2.05, 4.69) is 20.4 Å². The summed E-state index contributed by atoms with van der Waals surface area (Å²) in [7, 11) is 0. The Morgan fingerprint density at radius 2 is 1.40 bits per heavy atom. The molecular weight excluding hydrogens is 588 g/mol. The second-order valence-electron chi connectivity index (χ2n) is 11.1. The molecule has 10 heteroatoms. The van der Waals surface area contributed by atoms with E-state index >= 15 is 0 Å². The smallest absolute Gasteiger partial charge is 0.360 e. The first-order chi connectivity index (χ1) is 21.7. The Kier molecular flexibility index (Phi) is 9.34. The van der Waals surface area contributed by atoms with Crippen LogP contribution in [0, 0.1) is 0 Å². The van der Waals surface area contributed by atoms with Crippen molar-refractivity contribution in [2.24, 2.45) is 5.16 Å². The van der Waals surface area contributed by atoms with Crippen molar-refractivity contribution in [3.8, 4) is 0 Å². The Bertz CT molecular complexity index is 1660. The van der Waals surface area contributed by atoms with Crippen LogP contribution in [0.2, 0.25) is 0 Å². The number of hydrogen-bond acceptors (Lipinski definition) is 9. The minimum atomic E-state index is -1.37. The van der Waals surface area contributed by atoms with E-state index in [0.29, 0.717) is 10.7 Å². The fourth-order valence-electron chi connectivity index (χ4n) is 4.81. The van der Waals surface area contributed by atoms with Crippen LogP contribution in [0.3, 0.4) is 0 Å². The van der Waals surface area contributed by atoms with Crippen LogP contribution < -0.4 is 5.32 Å². The predicted octanol–water partition coefficient (Wildman–Crippen LogP) is 6.83. The molecular formula is C35H32N4O5S. The van der Waals surface area contributed by atoms with Crippen molar-refractivity contribution in [1.82, 2.24) is 9.97 Å². The number of benzene rings is 3. The molecule has 3 aromatic carbocycles. The number of thiazole rings is 1. The van der Waals surface area contributed by atoms with E-state index in [-0.39, 0.29) is 5.69 Å². The first kappa shape index (κ1) is 31.1. The van der Waals surface area contributed by atoms with Gasteiger partial charge in [-0.15, -0.1) is 11.3 Å². The number of nitrogens with one attached hydrogen (secondary N) is 1. The summed E-state index contributed by atoms with van der Waals surface area (Å²) in [5.41, 5.74) is 1.17. The van der Waals surface area contributed by atoms with E-state index in [1.165, 1.54) is 17.5 Å². The van der Waals surface area contributed by atoms with Gasteiger partial charge >= 0.3 is 11.9 Å². The van der Waals surface area contributed by atoms with E-state index in [0.717, 1.165) is 16.7 Å². The lowest BCUT2D eigenvalue weighted by atomic mass is 9.77. The van der Waals surface area contributed by atoms with Gasteiger partial charge in [-0.2, -0.15) is 0 Å². The van der Waals surface area contributed by atoms with Gasteiger partial charge in [-0.1, -0.05) is 102 Å². The lowest BCUT2D eigenvalue weighted by Crippen LogP contribution is -2.38. The molecule has 0 aliphatic carbocycles. The number of hydrogen-bond donors (Lipinski definition) is 2. The molecule has 0 fully saturated rings. The highest BCUT2D eigenvalue weighted by Crippen LogP contribution is 2.40. The predicted molar refractivity (Wildman–Crippen MR) is 173 cm³/mol. The van der Waals surface area contributed by atoms with E-state index in [9.17, 15) is 14.7 Å². The first-order valence-electron chi connectivity index (χ1n) is 14.2. The van der Waals surface area contributed by atoms with Crippen molar-refractivity contribution >= 4 is 34.1 Å². The van der Waals surface area contributed by atoms with Gasteiger partial charge in [-0.3, -0.25) is 4.98 Å². The van der Waals surface area contributed by atoms with Gasteiger partial charge in [-0.05, 0) is 43.5 Å². The third-order valence-electron chi connectivity index (χ3n) is 6.72. The monoisotopic (exact) mass is 620 g/mol. The van der Waals surface area contributed by atoms with Crippen LogP contribution in [-0.4, -0.2) is 38.3 Å². The van der Waals surface area contributed by atoms with Crippen LogP contribution in [-0.2, 0) is 24.7 Å². The fraction of sp³-hybridized carbons (Fsp3) is 0.171. The molecule has 0 saturated carbocycles. The van der Waals surface area contributed by atoms with E-state index < -0.39 is 34.9 Å². The maximum atomic E-state index is 13.0. The van der Waals surface area contributed by atoms with Crippen LogP contribution in [0.4, 0.5) is 5.13 Å². The van der Waals surface area contributed by atoms with Crippen molar-refractivity contribution in [1.29, 1.82) is 0 Å². The fourth-order valence-corrected chi connectivity index (χ4v) is 5.56. The SMILES string of the molecule is CC(C)(C)OC(=O)C(ON=C(C(=O)O)c1csc(NC(c2ccccc2)(c2ccccc2)c2ccccc2)n1)c1cccnc1. The van der Waals surface area contributed by atoms with Gasteiger partial charge in [-0.25, -0.2) is 14.6 Å². The number of oxime groups is 1. The molecule has 0 saturated heterocycles. The highest BCUT2D eigenvalue weighted by molar-refractivity contribution is 7.14. The maximum absolute atomic E-state index is 13.0. The summed E-state index contributed by atoms with van der Waals surface area (Å²) in [4.78, 5) is 39.7. The molecule has 5 rings (SSSR count). The Morgan fingerprint density at radius 3 is 1.87 bits per heavy atom. The number of aliphatic carboxylic acids is 1. The third kappa shape index (κ3) is 7.25. The Morgan fingerprint density at radius 1 is 0.844 bits per heavy atom. The molecule has 0 aliphatic heterocycles. The van der Waals surface area contributed by atoms with Gasteiger partial charge in [0.15, 0.2) is 5.13 Å². The molecule has 0 spiro atoms.